The Morgan fingerprint density at radius 2 is 1.66 bits per heavy atom. The van der Waals surface area contributed by atoms with Crippen molar-refractivity contribution in [1.29, 1.82) is 0 Å². The first kappa shape index (κ1) is 27.1. The van der Waals surface area contributed by atoms with Gasteiger partial charge in [-0.1, -0.05) is 23.7 Å². The van der Waals surface area contributed by atoms with Crippen LogP contribution in [0.5, 0.6) is 23.0 Å². The van der Waals surface area contributed by atoms with Gasteiger partial charge in [-0.15, -0.1) is 0 Å². The zero-order valence-electron chi connectivity index (χ0n) is 21.8. The fraction of sp³-hybridized carbons (Fsp3) is 0.310. The van der Waals surface area contributed by atoms with Crippen LogP contribution in [0.3, 0.4) is 0 Å². The molecule has 38 heavy (non-hydrogen) atoms. The molecule has 3 aromatic carbocycles. The van der Waals surface area contributed by atoms with Crippen LogP contribution >= 0.6 is 11.6 Å². The van der Waals surface area contributed by atoms with Gasteiger partial charge in [0.2, 0.25) is 5.75 Å². The highest BCUT2D eigenvalue weighted by Gasteiger charge is 2.17. The molecular formula is C29H32ClN3O5. The van der Waals surface area contributed by atoms with Crippen LogP contribution in [0.25, 0.3) is 11.0 Å². The smallest absolute Gasteiger partial charge is 0.251 e. The summed E-state index contributed by atoms with van der Waals surface area (Å²) in [6.07, 6.45) is 2.29. The maximum absolute atomic E-state index is 12.8. The van der Waals surface area contributed by atoms with Crippen molar-refractivity contribution in [2.45, 2.75) is 25.8 Å². The Bertz CT molecular complexity index is 1350. The molecule has 200 valence electrons. The van der Waals surface area contributed by atoms with Gasteiger partial charge in [-0.25, -0.2) is 4.98 Å². The van der Waals surface area contributed by atoms with E-state index in [1.54, 1.807) is 12.1 Å². The van der Waals surface area contributed by atoms with E-state index in [-0.39, 0.29) is 5.91 Å². The van der Waals surface area contributed by atoms with Crippen molar-refractivity contribution < 1.29 is 23.7 Å². The molecule has 0 spiro atoms. The van der Waals surface area contributed by atoms with E-state index in [1.807, 2.05) is 42.5 Å². The number of rotatable bonds is 13. The number of carbonyl (C=O) groups is 1. The summed E-state index contributed by atoms with van der Waals surface area (Å²) in [5.74, 6) is 2.89. The minimum atomic E-state index is -0.211. The zero-order chi connectivity index (χ0) is 26.9. The Balaban J connectivity index is 1.35. The second-order valence-electron chi connectivity index (χ2n) is 8.60. The van der Waals surface area contributed by atoms with Crippen LogP contribution in [0.2, 0.25) is 5.02 Å². The van der Waals surface area contributed by atoms with Gasteiger partial charge in [0.1, 0.15) is 11.6 Å². The number of nitrogens with one attached hydrogen (secondary N) is 1. The number of ether oxygens (including phenoxy) is 4. The molecule has 4 aromatic rings. The summed E-state index contributed by atoms with van der Waals surface area (Å²) in [6.45, 7) is 1.86. The first-order valence-corrected chi connectivity index (χ1v) is 12.8. The summed E-state index contributed by atoms with van der Waals surface area (Å²) >= 11 is 5.95. The quantitative estimate of drug-likeness (QED) is 0.225. The molecule has 8 nitrogen and oxygen atoms in total. The van der Waals surface area contributed by atoms with Crippen LogP contribution in [0.15, 0.2) is 60.7 Å². The minimum absolute atomic E-state index is 0.211. The number of nitrogens with zero attached hydrogens (tertiary/aromatic N) is 2. The van der Waals surface area contributed by atoms with E-state index in [1.165, 1.54) is 21.3 Å². The molecule has 1 N–H and O–H groups in total. The molecule has 0 aliphatic carbocycles. The predicted octanol–water partition coefficient (Wildman–Crippen LogP) is 5.55. The van der Waals surface area contributed by atoms with Crippen LogP contribution in [0.1, 0.15) is 29.0 Å². The number of hydrogen-bond acceptors (Lipinski definition) is 6. The third kappa shape index (κ3) is 6.50. The van der Waals surface area contributed by atoms with E-state index in [4.69, 9.17) is 35.5 Å². The molecule has 0 aliphatic rings. The van der Waals surface area contributed by atoms with Gasteiger partial charge in [-0.3, -0.25) is 4.79 Å². The van der Waals surface area contributed by atoms with Crippen molar-refractivity contribution in [3.05, 3.63) is 77.1 Å². The van der Waals surface area contributed by atoms with E-state index < -0.39 is 0 Å². The highest BCUT2D eigenvalue weighted by Crippen LogP contribution is 2.38. The number of aryl methyl sites for hydroxylation is 2. The van der Waals surface area contributed by atoms with E-state index in [9.17, 15) is 4.79 Å². The molecule has 0 bridgehead atoms. The second kappa shape index (κ2) is 13.1. The Hall–Kier alpha value is -3.91. The van der Waals surface area contributed by atoms with E-state index in [0.717, 1.165) is 48.4 Å². The second-order valence-corrected chi connectivity index (χ2v) is 9.03. The van der Waals surface area contributed by atoms with Crippen molar-refractivity contribution in [3.63, 3.8) is 0 Å². The van der Waals surface area contributed by atoms with Crippen LogP contribution in [0, 0.1) is 0 Å². The van der Waals surface area contributed by atoms with Crippen molar-refractivity contribution in [2.24, 2.45) is 0 Å². The number of amides is 1. The Morgan fingerprint density at radius 3 is 2.34 bits per heavy atom. The van der Waals surface area contributed by atoms with Crippen LogP contribution in [-0.2, 0) is 13.0 Å². The fourth-order valence-electron chi connectivity index (χ4n) is 4.27. The minimum Gasteiger partial charge on any atom is -0.494 e. The monoisotopic (exact) mass is 537 g/mol. The number of halogens is 1. The molecule has 1 aromatic heterocycles. The summed E-state index contributed by atoms with van der Waals surface area (Å²) in [5.41, 5.74) is 2.49. The number of para-hydroxylation sites is 2. The molecule has 0 unspecified atom stereocenters. The number of carbonyl (C=O) groups excluding carboxylic acids is 1. The number of imidazole rings is 1. The van der Waals surface area contributed by atoms with Gasteiger partial charge in [0.15, 0.2) is 11.5 Å². The van der Waals surface area contributed by atoms with Crippen LogP contribution < -0.4 is 24.3 Å². The first-order chi connectivity index (χ1) is 18.5. The van der Waals surface area contributed by atoms with Crippen LogP contribution in [-0.4, -0.2) is 49.9 Å². The van der Waals surface area contributed by atoms with E-state index in [0.29, 0.717) is 41.0 Å². The van der Waals surface area contributed by atoms with Gasteiger partial charge in [0.05, 0.1) is 39.0 Å². The lowest BCUT2D eigenvalue weighted by Crippen LogP contribution is -2.25. The van der Waals surface area contributed by atoms with Crippen LogP contribution in [0.4, 0.5) is 0 Å². The fourth-order valence-corrected chi connectivity index (χ4v) is 4.40. The maximum atomic E-state index is 12.8. The lowest BCUT2D eigenvalue weighted by Gasteiger charge is -2.14. The SMILES string of the molecule is COc1cc(C(=O)NCCCc2nc3ccccc3n2CCCOc2ccc(Cl)cc2)cc(OC)c1OC. The van der Waals surface area contributed by atoms with Gasteiger partial charge < -0.3 is 28.8 Å². The van der Waals surface area contributed by atoms with Crippen molar-refractivity contribution in [2.75, 3.05) is 34.5 Å². The van der Waals surface area contributed by atoms with Crippen molar-refractivity contribution >= 4 is 28.5 Å². The summed E-state index contributed by atoms with van der Waals surface area (Å²) in [5, 5.41) is 3.67. The molecule has 0 atom stereocenters. The van der Waals surface area contributed by atoms with Gasteiger partial charge in [0, 0.05) is 30.1 Å². The topological polar surface area (TPSA) is 83.8 Å². The standard InChI is InChI=1S/C29H32ClN3O5/c1-35-25-18-20(19-26(36-2)28(25)37-3)29(34)31-15-6-10-27-32-23-8-4-5-9-24(23)33(27)16-7-17-38-22-13-11-21(30)12-14-22/h4-5,8-9,11-14,18-19H,6-7,10,15-17H2,1-3H3,(H,31,34). The molecule has 1 amide bonds. The number of hydrogen-bond donors (Lipinski definition) is 1. The Morgan fingerprint density at radius 1 is 0.947 bits per heavy atom. The Kier molecular flexibility index (Phi) is 9.32. The van der Waals surface area contributed by atoms with Gasteiger partial charge in [-0.05, 0) is 61.4 Å². The van der Waals surface area contributed by atoms with Crippen molar-refractivity contribution in [3.8, 4) is 23.0 Å². The molecule has 0 fully saturated rings. The average Bonchev–Trinajstić information content (AvgIpc) is 3.30. The number of methoxy groups -OCH3 is 3. The predicted molar refractivity (Wildman–Crippen MR) is 148 cm³/mol. The molecule has 4 rings (SSSR count). The summed E-state index contributed by atoms with van der Waals surface area (Å²) < 4.78 is 24.1. The number of aromatic nitrogens is 2. The third-order valence-electron chi connectivity index (χ3n) is 6.13. The maximum Gasteiger partial charge on any atom is 0.251 e. The molecular weight excluding hydrogens is 506 g/mol. The van der Waals surface area contributed by atoms with Gasteiger partial charge in [-0.2, -0.15) is 0 Å². The normalized spacial score (nSPS) is 10.8. The molecule has 0 saturated carbocycles. The summed E-state index contributed by atoms with van der Waals surface area (Å²) in [4.78, 5) is 17.7. The first-order valence-electron chi connectivity index (χ1n) is 12.4. The molecule has 0 saturated heterocycles. The molecule has 0 radical (unpaired) electrons. The van der Waals surface area contributed by atoms with E-state index in [2.05, 4.69) is 16.0 Å². The molecule has 9 heteroatoms. The largest absolute Gasteiger partial charge is 0.494 e. The molecule has 0 aliphatic heterocycles. The van der Waals surface area contributed by atoms with Gasteiger partial charge in [0.25, 0.3) is 5.91 Å². The number of benzene rings is 3. The average molecular weight is 538 g/mol. The van der Waals surface area contributed by atoms with Gasteiger partial charge >= 0.3 is 0 Å². The summed E-state index contributed by atoms with van der Waals surface area (Å²) in [6, 6.07) is 18.8. The highest BCUT2D eigenvalue weighted by atomic mass is 35.5. The van der Waals surface area contributed by atoms with Crippen molar-refractivity contribution in [1.82, 2.24) is 14.9 Å². The lowest BCUT2D eigenvalue weighted by atomic mass is 10.1. The summed E-state index contributed by atoms with van der Waals surface area (Å²) in [7, 11) is 4.57. The van der Waals surface area contributed by atoms with E-state index >= 15 is 0 Å². The highest BCUT2D eigenvalue weighted by molar-refractivity contribution is 6.30. The number of fused-ring (bicyclic) bond motifs is 1. The Labute approximate surface area is 227 Å². The molecule has 1 heterocycles. The zero-order valence-corrected chi connectivity index (χ0v) is 22.6. The third-order valence-corrected chi connectivity index (χ3v) is 6.38. The lowest BCUT2D eigenvalue weighted by molar-refractivity contribution is 0.0952.